The van der Waals surface area contributed by atoms with Gasteiger partial charge in [0.05, 0.1) is 0 Å². The zero-order valence-corrected chi connectivity index (χ0v) is 20.8. The van der Waals surface area contributed by atoms with E-state index in [4.69, 9.17) is 0 Å². The molecule has 3 rings (SSSR count). The minimum Gasteiger partial charge on any atom is -0.0654 e. The van der Waals surface area contributed by atoms with Gasteiger partial charge in [-0.3, -0.25) is 0 Å². The van der Waals surface area contributed by atoms with Crippen LogP contribution in [0.5, 0.6) is 0 Å². The first-order chi connectivity index (χ1) is 15.1. The van der Waals surface area contributed by atoms with E-state index in [0.717, 1.165) is 0 Å². The maximum atomic E-state index is 2.59. The molecule has 0 fully saturated rings. The highest BCUT2D eigenvalue weighted by molar-refractivity contribution is 5.81. The van der Waals surface area contributed by atoms with Crippen LogP contribution in [0.4, 0.5) is 0 Å². The van der Waals surface area contributed by atoms with Crippen molar-refractivity contribution < 1.29 is 0 Å². The highest BCUT2D eigenvalue weighted by Gasteiger charge is 2.42. The van der Waals surface area contributed by atoms with Crippen LogP contribution in [0.25, 0.3) is 11.1 Å². The number of rotatable bonds is 14. The molecule has 31 heavy (non-hydrogen) atoms. The average molecular weight is 419 g/mol. The summed E-state index contributed by atoms with van der Waals surface area (Å²) in [5.74, 6) is 0.588. The van der Waals surface area contributed by atoms with Crippen molar-refractivity contribution in [3.8, 4) is 11.1 Å². The molecule has 1 unspecified atom stereocenters. The Morgan fingerprint density at radius 1 is 0.613 bits per heavy atom. The van der Waals surface area contributed by atoms with E-state index in [9.17, 15) is 0 Å². The Morgan fingerprint density at radius 3 is 1.77 bits per heavy atom. The molecule has 0 heterocycles. The van der Waals surface area contributed by atoms with Crippen LogP contribution >= 0.6 is 0 Å². The van der Waals surface area contributed by atoms with Crippen molar-refractivity contribution in [3.05, 3.63) is 59.2 Å². The summed E-state index contributed by atoms with van der Waals surface area (Å²) >= 11 is 0. The van der Waals surface area contributed by atoms with E-state index in [0.29, 0.717) is 5.92 Å². The molecule has 0 aliphatic heterocycles. The van der Waals surface area contributed by atoms with E-state index in [1.807, 2.05) is 0 Å². The molecule has 2 aromatic rings. The molecule has 1 aliphatic carbocycles. The summed E-state index contributed by atoms with van der Waals surface area (Å²) in [6, 6.07) is 16.7. The van der Waals surface area contributed by atoms with Crippen LogP contribution in [0.2, 0.25) is 0 Å². The zero-order chi connectivity index (χ0) is 22.1. The predicted octanol–water partition coefficient (Wildman–Crippen LogP) is 10.2. The summed E-state index contributed by atoms with van der Waals surface area (Å²) in [5.41, 5.74) is 8.02. The van der Waals surface area contributed by atoms with Gasteiger partial charge in [0.25, 0.3) is 0 Å². The summed E-state index contributed by atoms with van der Waals surface area (Å²) in [4.78, 5) is 0. The van der Waals surface area contributed by atoms with Crippen LogP contribution in [0.1, 0.15) is 134 Å². The second-order valence-corrected chi connectivity index (χ2v) is 10.3. The lowest BCUT2D eigenvalue weighted by Crippen LogP contribution is -2.25. The van der Waals surface area contributed by atoms with Crippen molar-refractivity contribution in [2.45, 2.75) is 122 Å². The van der Waals surface area contributed by atoms with Crippen molar-refractivity contribution in [1.29, 1.82) is 0 Å². The molecular formula is C31H46. The van der Waals surface area contributed by atoms with E-state index in [1.165, 1.54) is 100 Å². The van der Waals surface area contributed by atoms with Crippen molar-refractivity contribution in [2.24, 2.45) is 0 Å². The molecule has 1 aliphatic rings. The lowest BCUT2D eigenvalue weighted by atomic mass is 9.70. The molecule has 0 heteroatoms. The van der Waals surface area contributed by atoms with Gasteiger partial charge in [-0.2, -0.15) is 0 Å². The van der Waals surface area contributed by atoms with E-state index in [-0.39, 0.29) is 5.41 Å². The Kier molecular flexibility index (Phi) is 9.24. The van der Waals surface area contributed by atoms with Crippen LogP contribution in [0.15, 0.2) is 42.5 Å². The van der Waals surface area contributed by atoms with Gasteiger partial charge in [-0.25, -0.2) is 0 Å². The first-order valence-electron chi connectivity index (χ1n) is 13.4. The lowest BCUT2D eigenvalue weighted by Gasteiger charge is -2.33. The average Bonchev–Trinajstić information content (AvgIpc) is 3.06. The molecule has 0 nitrogen and oxygen atoms in total. The maximum absolute atomic E-state index is 2.59. The van der Waals surface area contributed by atoms with E-state index < -0.39 is 0 Å². The third-order valence-corrected chi connectivity index (χ3v) is 7.62. The topological polar surface area (TPSA) is 0 Å². The molecule has 2 aromatic carbocycles. The Balaban J connectivity index is 1.90. The highest BCUT2D eigenvalue weighted by Crippen LogP contribution is 2.54. The van der Waals surface area contributed by atoms with Crippen LogP contribution in [0, 0.1) is 0 Å². The van der Waals surface area contributed by atoms with Crippen LogP contribution < -0.4 is 0 Å². The Hall–Kier alpha value is -1.56. The quantitative estimate of drug-likeness (QED) is 0.268. The minimum atomic E-state index is 0.230. The Bertz CT molecular complexity index is 799. The van der Waals surface area contributed by atoms with Crippen LogP contribution in [-0.4, -0.2) is 0 Å². The SMILES string of the molecule is CCCCCCCCC1(CCCCCCC)c2ccccc2-c2ccc(C(C)C)cc21. The molecule has 0 saturated heterocycles. The predicted molar refractivity (Wildman–Crippen MR) is 138 cm³/mol. The molecule has 1 atom stereocenters. The zero-order valence-electron chi connectivity index (χ0n) is 20.8. The number of unbranched alkanes of at least 4 members (excludes halogenated alkanes) is 9. The molecule has 0 spiro atoms. The number of benzene rings is 2. The second-order valence-electron chi connectivity index (χ2n) is 10.3. The summed E-state index contributed by atoms with van der Waals surface area (Å²) in [6.07, 6.45) is 17.8. The number of fused-ring (bicyclic) bond motifs is 3. The van der Waals surface area contributed by atoms with Gasteiger partial charge < -0.3 is 0 Å². The monoisotopic (exact) mass is 418 g/mol. The fourth-order valence-electron chi connectivity index (χ4n) is 5.73. The highest BCUT2D eigenvalue weighted by atomic mass is 14.4. The maximum Gasteiger partial charge on any atom is 0.0215 e. The standard InChI is InChI=1S/C31H46/c1-5-7-9-11-13-17-23-31(22-16-12-10-8-6-2)29-19-15-14-18-27(29)28-21-20-26(25(3)4)24-30(28)31/h14-15,18-21,24-25H,5-13,16-17,22-23H2,1-4H3. The van der Waals surface area contributed by atoms with Crippen LogP contribution in [-0.2, 0) is 5.41 Å². The first kappa shape index (κ1) is 24.1. The fraction of sp³-hybridized carbons (Fsp3) is 0.613. The number of hydrogen-bond donors (Lipinski definition) is 0. The summed E-state index contributed by atoms with van der Waals surface area (Å²) in [7, 11) is 0. The van der Waals surface area contributed by atoms with Crippen molar-refractivity contribution in [3.63, 3.8) is 0 Å². The third-order valence-electron chi connectivity index (χ3n) is 7.62. The molecule has 0 bridgehead atoms. The van der Waals surface area contributed by atoms with Gasteiger partial charge in [0.1, 0.15) is 0 Å². The van der Waals surface area contributed by atoms with Crippen molar-refractivity contribution >= 4 is 0 Å². The molecule has 0 aromatic heterocycles. The minimum absolute atomic E-state index is 0.230. The fourth-order valence-corrected chi connectivity index (χ4v) is 5.73. The third kappa shape index (κ3) is 5.63. The molecular weight excluding hydrogens is 372 g/mol. The van der Waals surface area contributed by atoms with Gasteiger partial charge in [-0.1, -0.05) is 141 Å². The smallest absolute Gasteiger partial charge is 0.0215 e. The summed E-state index contributed by atoms with van der Waals surface area (Å²) in [5, 5.41) is 0. The largest absolute Gasteiger partial charge is 0.0654 e. The van der Waals surface area contributed by atoms with Gasteiger partial charge in [-0.05, 0) is 46.6 Å². The van der Waals surface area contributed by atoms with Gasteiger partial charge in [0.15, 0.2) is 0 Å². The molecule has 0 N–H and O–H groups in total. The molecule has 0 radical (unpaired) electrons. The van der Waals surface area contributed by atoms with Gasteiger partial charge in [-0.15, -0.1) is 0 Å². The number of hydrogen-bond acceptors (Lipinski definition) is 0. The van der Waals surface area contributed by atoms with E-state index in [2.05, 4.69) is 70.2 Å². The van der Waals surface area contributed by atoms with Crippen molar-refractivity contribution in [1.82, 2.24) is 0 Å². The second kappa shape index (κ2) is 11.9. The molecule has 170 valence electrons. The molecule has 0 amide bonds. The summed E-state index contributed by atoms with van der Waals surface area (Å²) in [6.45, 7) is 9.30. The first-order valence-corrected chi connectivity index (χ1v) is 13.4. The van der Waals surface area contributed by atoms with Gasteiger partial charge >= 0.3 is 0 Å². The Labute approximate surface area is 192 Å². The lowest BCUT2D eigenvalue weighted by molar-refractivity contribution is 0.398. The summed E-state index contributed by atoms with van der Waals surface area (Å²) < 4.78 is 0. The normalized spacial score (nSPS) is 17.2. The van der Waals surface area contributed by atoms with Gasteiger partial charge in [0, 0.05) is 5.41 Å². The van der Waals surface area contributed by atoms with Crippen molar-refractivity contribution in [2.75, 3.05) is 0 Å². The van der Waals surface area contributed by atoms with Crippen LogP contribution in [0.3, 0.4) is 0 Å². The molecule has 0 saturated carbocycles. The van der Waals surface area contributed by atoms with E-state index in [1.54, 1.807) is 11.1 Å². The van der Waals surface area contributed by atoms with Gasteiger partial charge in [0.2, 0.25) is 0 Å². The Morgan fingerprint density at radius 2 is 1.16 bits per heavy atom. The van der Waals surface area contributed by atoms with E-state index >= 15 is 0 Å².